The summed E-state index contributed by atoms with van der Waals surface area (Å²) in [6.07, 6.45) is 0.987. The normalized spacial score (nSPS) is 11.0. The Morgan fingerprint density at radius 3 is 2.82 bits per heavy atom. The van der Waals surface area contributed by atoms with Gasteiger partial charge in [0.2, 0.25) is 11.8 Å². The quantitative estimate of drug-likeness (QED) is 0.611. The summed E-state index contributed by atoms with van der Waals surface area (Å²) >= 11 is 1.78. The van der Waals surface area contributed by atoms with Crippen LogP contribution in [0.2, 0.25) is 0 Å². The van der Waals surface area contributed by atoms with Gasteiger partial charge in [-0.15, -0.1) is 10.2 Å². The highest BCUT2D eigenvalue weighted by atomic mass is 32.2. The molecular weight excluding hydrogens is 296 g/mol. The average Bonchev–Trinajstić information content (AvgIpc) is 2.96. The van der Waals surface area contributed by atoms with E-state index in [9.17, 15) is 0 Å². The van der Waals surface area contributed by atoms with Crippen molar-refractivity contribution in [3.63, 3.8) is 0 Å². The van der Waals surface area contributed by atoms with E-state index in [1.54, 1.807) is 18.7 Å². The zero-order valence-corrected chi connectivity index (χ0v) is 13.3. The molecule has 0 fully saturated rings. The highest BCUT2D eigenvalue weighted by Crippen LogP contribution is 2.25. The third-order valence-electron chi connectivity index (χ3n) is 3.23. The molecule has 3 rings (SSSR count). The molecule has 0 saturated carbocycles. The summed E-state index contributed by atoms with van der Waals surface area (Å²) in [6, 6.07) is 14.4. The summed E-state index contributed by atoms with van der Waals surface area (Å²) < 4.78 is 11.2. The molecule has 0 amide bonds. The summed E-state index contributed by atoms with van der Waals surface area (Å²) in [4.78, 5) is 0. The van der Waals surface area contributed by atoms with Gasteiger partial charge in [0.05, 0.1) is 12.4 Å². The number of thioether (sulfide) groups is 1. The zero-order chi connectivity index (χ0) is 15.2. The van der Waals surface area contributed by atoms with Gasteiger partial charge in [-0.2, -0.15) is 11.8 Å². The summed E-state index contributed by atoms with van der Waals surface area (Å²) in [5, 5.41) is 10.2. The van der Waals surface area contributed by atoms with Crippen molar-refractivity contribution in [3.8, 4) is 5.75 Å². The molecule has 1 heterocycles. The van der Waals surface area contributed by atoms with E-state index in [-0.39, 0.29) is 0 Å². The van der Waals surface area contributed by atoms with Crippen molar-refractivity contribution in [2.45, 2.75) is 19.1 Å². The minimum Gasteiger partial charge on any atom is -0.493 e. The molecule has 114 valence electrons. The lowest BCUT2D eigenvalue weighted by molar-refractivity contribution is 0.322. The summed E-state index contributed by atoms with van der Waals surface area (Å²) in [7, 11) is 0. The van der Waals surface area contributed by atoms with Crippen LogP contribution in [0.15, 0.2) is 46.9 Å². The molecule has 0 aliphatic carbocycles. The lowest BCUT2D eigenvalue weighted by Gasteiger charge is -2.09. The first-order chi connectivity index (χ1) is 10.8. The monoisotopic (exact) mass is 314 g/mol. The predicted molar refractivity (Wildman–Crippen MR) is 89.3 cm³/mol. The molecule has 0 bridgehead atoms. The van der Waals surface area contributed by atoms with Crippen LogP contribution in [0.5, 0.6) is 5.75 Å². The van der Waals surface area contributed by atoms with Gasteiger partial charge in [0, 0.05) is 12.3 Å². The second kappa shape index (κ2) is 7.31. The third kappa shape index (κ3) is 3.80. The number of rotatable bonds is 7. The van der Waals surface area contributed by atoms with Crippen molar-refractivity contribution in [1.82, 2.24) is 10.2 Å². The maximum Gasteiger partial charge on any atom is 0.226 e. The van der Waals surface area contributed by atoms with Crippen LogP contribution >= 0.6 is 11.8 Å². The van der Waals surface area contributed by atoms with Gasteiger partial charge in [-0.1, -0.05) is 36.4 Å². The molecule has 0 aliphatic heterocycles. The van der Waals surface area contributed by atoms with Gasteiger partial charge in [0.15, 0.2) is 0 Å². The number of fused-ring (bicyclic) bond motifs is 1. The Bertz CT molecular complexity index is 737. The SMILES string of the molecule is Cc1nnc(CSCCCOc2cccc3ccccc23)o1. The molecule has 4 nitrogen and oxygen atoms in total. The molecular formula is C17H18N2O2S. The van der Waals surface area contributed by atoms with Crippen molar-refractivity contribution in [1.29, 1.82) is 0 Å². The van der Waals surface area contributed by atoms with E-state index in [1.807, 2.05) is 24.3 Å². The van der Waals surface area contributed by atoms with E-state index in [0.717, 1.165) is 23.7 Å². The Hall–Kier alpha value is -2.01. The van der Waals surface area contributed by atoms with Gasteiger partial charge < -0.3 is 9.15 Å². The van der Waals surface area contributed by atoms with E-state index >= 15 is 0 Å². The van der Waals surface area contributed by atoms with Crippen LogP contribution in [0.1, 0.15) is 18.2 Å². The zero-order valence-electron chi connectivity index (χ0n) is 12.5. The number of hydrogen-bond acceptors (Lipinski definition) is 5. The molecule has 0 spiro atoms. The van der Waals surface area contributed by atoms with Crippen molar-refractivity contribution in [3.05, 3.63) is 54.2 Å². The first-order valence-electron chi connectivity index (χ1n) is 7.30. The van der Waals surface area contributed by atoms with Gasteiger partial charge in [-0.3, -0.25) is 0 Å². The minimum absolute atomic E-state index is 0.620. The minimum atomic E-state index is 0.620. The highest BCUT2D eigenvalue weighted by molar-refractivity contribution is 7.98. The Morgan fingerprint density at radius 1 is 1.09 bits per heavy atom. The second-order valence-electron chi connectivity index (χ2n) is 4.95. The molecule has 0 saturated heterocycles. The number of aryl methyl sites for hydroxylation is 1. The number of nitrogens with zero attached hydrogens (tertiary/aromatic N) is 2. The fraction of sp³-hybridized carbons (Fsp3) is 0.294. The summed E-state index contributed by atoms with van der Waals surface area (Å²) in [5.74, 6) is 4.03. The molecule has 0 atom stereocenters. The van der Waals surface area contributed by atoms with E-state index in [4.69, 9.17) is 9.15 Å². The van der Waals surface area contributed by atoms with Crippen molar-refractivity contribution in [2.24, 2.45) is 0 Å². The van der Waals surface area contributed by atoms with Gasteiger partial charge in [0.25, 0.3) is 0 Å². The molecule has 0 N–H and O–H groups in total. The highest BCUT2D eigenvalue weighted by Gasteiger charge is 2.03. The number of aromatic nitrogens is 2. The number of hydrogen-bond donors (Lipinski definition) is 0. The fourth-order valence-corrected chi connectivity index (χ4v) is 2.98. The van der Waals surface area contributed by atoms with Gasteiger partial charge >= 0.3 is 0 Å². The van der Waals surface area contributed by atoms with Crippen LogP contribution in [0.4, 0.5) is 0 Å². The van der Waals surface area contributed by atoms with Crippen LogP contribution < -0.4 is 4.74 Å². The van der Waals surface area contributed by atoms with Crippen molar-refractivity contribution >= 4 is 22.5 Å². The third-order valence-corrected chi connectivity index (χ3v) is 4.26. The molecule has 22 heavy (non-hydrogen) atoms. The fourth-order valence-electron chi connectivity index (χ4n) is 2.22. The van der Waals surface area contributed by atoms with Crippen LogP contribution in [0.25, 0.3) is 10.8 Å². The first kappa shape index (κ1) is 14.9. The Labute approximate surface area is 133 Å². The van der Waals surface area contributed by atoms with Crippen molar-refractivity contribution < 1.29 is 9.15 Å². The Kier molecular flexibility index (Phi) is 4.96. The number of benzene rings is 2. The molecule has 1 aromatic heterocycles. The van der Waals surface area contributed by atoms with E-state index in [0.29, 0.717) is 18.4 Å². The van der Waals surface area contributed by atoms with E-state index < -0.39 is 0 Å². The van der Waals surface area contributed by atoms with Crippen LogP contribution in [0, 0.1) is 6.92 Å². The standard InChI is InChI=1S/C17H18N2O2S/c1-13-18-19-17(21-13)12-22-11-5-10-20-16-9-4-7-14-6-2-3-8-15(14)16/h2-4,6-9H,5,10-12H2,1H3. The van der Waals surface area contributed by atoms with E-state index in [1.165, 1.54) is 10.8 Å². The van der Waals surface area contributed by atoms with Gasteiger partial charge in [-0.25, -0.2) is 0 Å². The molecule has 0 aliphatic rings. The lowest BCUT2D eigenvalue weighted by atomic mass is 10.1. The predicted octanol–water partition coefficient (Wildman–Crippen LogP) is 4.23. The molecule has 2 aromatic carbocycles. The number of ether oxygens (including phenoxy) is 1. The first-order valence-corrected chi connectivity index (χ1v) is 8.46. The lowest BCUT2D eigenvalue weighted by Crippen LogP contribution is -1.99. The van der Waals surface area contributed by atoms with Crippen LogP contribution in [-0.2, 0) is 5.75 Å². The topological polar surface area (TPSA) is 48.2 Å². The van der Waals surface area contributed by atoms with Crippen molar-refractivity contribution in [2.75, 3.05) is 12.4 Å². The van der Waals surface area contributed by atoms with Crippen LogP contribution in [-0.4, -0.2) is 22.6 Å². The smallest absolute Gasteiger partial charge is 0.226 e. The average molecular weight is 314 g/mol. The maximum absolute atomic E-state index is 5.91. The maximum atomic E-state index is 5.91. The molecule has 5 heteroatoms. The molecule has 0 radical (unpaired) electrons. The second-order valence-corrected chi connectivity index (χ2v) is 6.05. The summed E-state index contributed by atoms with van der Waals surface area (Å²) in [5.41, 5.74) is 0. The van der Waals surface area contributed by atoms with Gasteiger partial charge in [0.1, 0.15) is 5.75 Å². The Morgan fingerprint density at radius 2 is 1.95 bits per heavy atom. The largest absolute Gasteiger partial charge is 0.493 e. The van der Waals surface area contributed by atoms with Crippen LogP contribution in [0.3, 0.4) is 0 Å². The Balaban J connectivity index is 1.43. The summed E-state index contributed by atoms with van der Waals surface area (Å²) in [6.45, 7) is 2.52. The molecule has 0 unspecified atom stereocenters. The van der Waals surface area contributed by atoms with Gasteiger partial charge in [-0.05, 0) is 23.6 Å². The van der Waals surface area contributed by atoms with E-state index in [2.05, 4.69) is 28.4 Å². The molecule has 3 aromatic rings.